The summed E-state index contributed by atoms with van der Waals surface area (Å²) in [6.07, 6.45) is 1.99. The van der Waals surface area contributed by atoms with Gasteiger partial charge in [-0.1, -0.05) is 44.2 Å². The highest BCUT2D eigenvalue weighted by molar-refractivity contribution is 6.00. The van der Waals surface area contributed by atoms with E-state index in [0.29, 0.717) is 18.3 Å². The molecule has 0 aliphatic heterocycles. The Balaban J connectivity index is 1.93. The van der Waals surface area contributed by atoms with Crippen LogP contribution < -0.4 is 15.8 Å². The van der Waals surface area contributed by atoms with Crippen molar-refractivity contribution < 1.29 is 14.3 Å². The first kappa shape index (κ1) is 21.6. The zero-order valence-electron chi connectivity index (χ0n) is 17.9. The van der Waals surface area contributed by atoms with Crippen LogP contribution in [0.5, 0.6) is 5.75 Å². The van der Waals surface area contributed by atoms with Crippen LogP contribution in [0.2, 0.25) is 0 Å². The lowest BCUT2D eigenvalue weighted by Gasteiger charge is -2.27. The summed E-state index contributed by atoms with van der Waals surface area (Å²) in [5.41, 5.74) is 7.98. The molecule has 158 valence electrons. The number of fused-ring (bicyclic) bond motifs is 1. The molecule has 30 heavy (non-hydrogen) atoms. The molecule has 0 bridgehead atoms. The molecule has 3 rings (SSSR count). The van der Waals surface area contributed by atoms with Crippen molar-refractivity contribution in [2.45, 2.75) is 32.7 Å². The van der Waals surface area contributed by atoms with Gasteiger partial charge in [0.2, 0.25) is 0 Å². The van der Waals surface area contributed by atoms with Crippen LogP contribution in [0.4, 0.5) is 10.6 Å². The number of benzene rings is 2. The summed E-state index contributed by atoms with van der Waals surface area (Å²) < 4.78 is 10.8. The van der Waals surface area contributed by atoms with E-state index in [0.717, 1.165) is 34.1 Å². The molecule has 6 nitrogen and oxygen atoms in total. The number of anilines is 1. The summed E-state index contributed by atoms with van der Waals surface area (Å²) in [4.78, 5) is 15.7. The molecule has 0 aliphatic rings. The van der Waals surface area contributed by atoms with E-state index in [-0.39, 0.29) is 0 Å². The van der Waals surface area contributed by atoms with Crippen LogP contribution >= 0.6 is 0 Å². The normalized spacial score (nSPS) is 13.1. The molecule has 0 saturated heterocycles. The Morgan fingerprint density at radius 3 is 2.60 bits per heavy atom. The van der Waals surface area contributed by atoms with Crippen LogP contribution in [0.3, 0.4) is 0 Å². The predicted octanol–water partition coefficient (Wildman–Crippen LogP) is 5.22. The SMILES string of the molecule is COC(=O)Nc1cc(-c2ccc(OCC(C)(N)CC(C)C)c3ccccc23)ccn1. The number of nitrogens with one attached hydrogen (secondary N) is 1. The molecule has 0 saturated carbocycles. The number of nitrogens with zero attached hydrogens (tertiary/aromatic N) is 1. The molecule has 1 aromatic heterocycles. The molecule has 1 heterocycles. The van der Waals surface area contributed by atoms with Gasteiger partial charge in [0.1, 0.15) is 18.2 Å². The fourth-order valence-corrected chi connectivity index (χ4v) is 3.71. The molecule has 6 heteroatoms. The first-order valence-corrected chi connectivity index (χ1v) is 10.0. The lowest BCUT2D eigenvalue weighted by atomic mass is 9.92. The molecule has 0 radical (unpaired) electrons. The third-order valence-corrected chi connectivity index (χ3v) is 4.80. The van der Waals surface area contributed by atoms with E-state index in [1.165, 1.54) is 7.11 Å². The average Bonchev–Trinajstić information content (AvgIpc) is 2.71. The van der Waals surface area contributed by atoms with Gasteiger partial charge in [0, 0.05) is 17.1 Å². The van der Waals surface area contributed by atoms with Gasteiger partial charge in [-0.2, -0.15) is 0 Å². The van der Waals surface area contributed by atoms with E-state index >= 15 is 0 Å². The number of aromatic nitrogens is 1. The Bertz CT molecular complexity index is 1030. The first-order valence-electron chi connectivity index (χ1n) is 10.0. The molecule has 2 aromatic carbocycles. The molecule has 1 amide bonds. The van der Waals surface area contributed by atoms with Crippen LogP contribution in [0.25, 0.3) is 21.9 Å². The zero-order valence-corrected chi connectivity index (χ0v) is 17.9. The summed E-state index contributed by atoms with van der Waals surface area (Å²) in [6.45, 7) is 6.79. The predicted molar refractivity (Wildman–Crippen MR) is 121 cm³/mol. The van der Waals surface area contributed by atoms with Gasteiger partial charge in [-0.05, 0) is 54.0 Å². The van der Waals surface area contributed by atoms with E-state index < -0.39 is 11.6 Å². The smallest absolute Gasteiger partial charge is 0.412 e. The largest absolute Gasteiger partial charge is 0.491 e. The highest BCUT2D eigenvalue weighted by atomic mass is 16.5. The molecule has 3 N–H and O–H groups in total. The Labute approximate surface area is 177 Å². The van der Waals surface area contributed by atoms with Gasteiger partial charge >= 0.3 is 6.09 Å². The van der Waals surface area contributed by atoms with Crippen molar-refractivity contribution in [1.82, 2.24) is 4.98 Å². The Kier molecular flexibility index (Phi) is 6.57. The summed E-state index contributed by atoms with van der Waals surface area (Å²) in [5.74, 6) is 1.73. The van der Waals surface area contributed by atoms with Crippen molar-refractivity contribution in [3.8, 4) is 16.9 Å². The quantitative estimate of drug-likeness (QED) is 0.560. The molecular formula is C24H29N3O3. The van der Waals surface area contributed by atoms with E-state index in [4.69, 9.17) is 10.5 Å². The monoisotopic (exact) mass is 407 g/mol. The lowest BCUT2D eigenvalue weighted by molar-refractivity contribution is 0.187. The minimum atomic E-state index is -0.556. The van der Waals surface area contributed by atoms with E-state index in [1.54, 1.807) is 6.20 Å². The Hall–Kier alpha value is -3.12. The minimum absolute atomic E-state index is 0.395. The van der Waals surface area contributed by atoms with Gasteiger partial charge in [-0.25, -0.2) is 9.78 Å². The van der Waals surface area contributed by atoms with E-state index in [1.807, 2.05) is 49.4 Å². The van der Waals surface area contributed by atoms with Gasteiger partial charge in [0.25, 0.3) is 0 Å². The second-order valence-electron chi connectivity index (χ2n) is 8.24. The summed E-state index contributed by atoms with van der Waals surface area (Å²) in [6, 6.07) is 15.8. The van der Waals surface area contributed by atoms with Gasteiger partial charge in [0.05, 0.1) is 7.11 Å². The molecule has 1 unspecified atom stereocenters. The fraction of sp³-hybridized carbons (Fsp3) is 0.333. The minimum Gasteiger partial charge on any atom is -0.491 e. The highest BCUT2D eigenvalue weighted by Crippen LogP contribution is 2.35. The molecule has 0 fully saturated rings. The number of ether oxygens (including phenoxy) is 2. The van der Waals surface area contributed by atoms with Crippen molar-refractivity contribution in [1.29, 1.82) is 0 Å². The maximum absolute atomic E-state index is 11.5. The third-order valence-electron chi connectivity index (χ3n) is 4.80. The van der Waals surface area contributed by atoms with E-state index in [9.17, 15) is 4.79 Å². The maximum Gasteiger partial charge on any atom is 0.412 e. The van der Waals surface area contributed by atoms with Gasteiger partial charge in [-0.15, -0.1) is 0 Å². The fourth-order valence-electron chi connectivity index (χ4n) is 3.71. The van der Waals surface area contributed by atoms with Crippen molar-refractivity contribution in [2.75, 3.05) is 19.0 Å². The van der Waals surface area contributed by atoms with Crippen molar-refractivity contribution in [2.24, 2.45) is 11.7 Å². The number of carbonyl (C=O) groups is 1. The Morgan fingerprint density at radius 1 is 1.17 bits per heavy atom. The second-order valence-corrected chi connectivity index (χ2v) is 8.24. The summed E-state index contributed by atoms with van der Waals surface area (Å²) >= 11 is 0. The van der Waals surface area contributed by atoms with Gasteiger partial charge in [0.15, 0.2) is 0 Å². The third kappa shape index (κ3) is 5.27. The maximum atomic E-state index is 11.5. The van der Waals surface area contributed by atoms with Gasteiger partial charge in [-0.3, -0.25) is 5.32 Å². The average molecular weight is 408 g/mol. The van der Waals surface area contributed by atoms with E-state index in [2.05, 4.69) is 35.0 Å². The number of amides is 1. The van der Waals surface area contributed by atoms with Crippen LogP contribution in [0.15, 0.2) is 54.7 Å². The molecule has 0 aliphatic carbocycles. The van der Waals surface area contributed by atoms with Crippen LogP contribution in [0.1, 0.15) is 27.2 Å². The van der Waals surface area contributed by atoms with Crippen LogP contribution in [-0.2, 0) is 4.74 Å². The second kappa shape index (κ2) is 9.13. The molecule has 1 atom stereocenters. The van der Waals surface area contributed by atoms with Crippen molar-refractivity contribution >= 4 is 22.7 Å². The number of hydrogen-bond donors (Lipinski definition) is 2. The van der Waals surface area contributed by atoms with Crippen molar-refractivity contribution in [3.05, 3.63) is 54.7 Å². The number of methoxy groups -OCH3 is 1. The number of rotatable bonds is 7. The van der Waals surface area contributed by atoms with Crippen LogP contribution in [0, 0.1) is 5.92 Å². The Morgan fingerprint density at radius 2 is 1.90 bits per heavy atom. The number of nitrogens with two attached hydrogens (primary N) is 1. The molecule has 3 aromatic rings. The first-order chi connectivity index (χ1) is 14.3. The number of pyridine rings is 1. The van der Waals surface area contributed by atoms with Gasteiger partial charge < -0.3 is 15.2 Å². The topological polar surface area (TPSA) is 86.5 Å². The zero-order chi connectivity index (χ0) is 21.7. The van der Waals surface area contributed by atoms with Crippen molar-refractivity contribution in [3.63, 3.8) is 0 Å². The highest BCUT2D eigenvalue weighted by Gasteiger charge is 2.21. The summed E-state index contributed by atoms with van der Waals surface area (Å²) in [7, 11) is 1.32. The number of hydrogen-bond acceptors (Lipinski definition) is 5. The molecular weight excluding hydrogens is 378 g/mol. The standard InChI is InChI=1S/C24H29N3O3/c1-16(2)14-24(3,25)15-30-21-10-9-18(19-7-5-6-8-20(19)21)17-11-12-26-22(13-17)27-23(28)29-4/h5-13,16H,14-15,25H2,1-4H3,(H,26,27,28). The molecule has 0 spiro atoms. The lowest BCUT2D eigenvalue weighted by Crippen LogP contribution is -2.43. The summed E-state index contributed by atoms with van der Waals surface area (Å²) in [5, 5.41) is 4.66. The number of carbonyl (C=O) groups excluding carboxylic acids is 1. The van der Waals surface area contributed by atoms with Crippen LogP contribution in [-0.4, -0.2) is 30.3 Å².